The lowest BCUT2D eigenvalue weighted by atomic mass is 10.1. The van der Waals surface area contributed by atoms with Gasteiger partial charge < -0.3 is 14.6 Å². The third kappa shape index (κ3) is 6.67. The fourth-order valence-electron chi connectivity index (χ4n) is 4.40. The summed E-state index contributed by atoms with van der Waals surface area (Å²) >= 11 is 6.11. The predicted octanol–water partition coefficient (Wildman–Crippen LogP) is 6.92. The molecule has 0 unspecified atom stereocenters. The molecule has 188 valence electrons. The normalized spacial score (nSPS) is 11.1. The highest BCUT2D eigenvalue weighted by Gasteiger charge is 2.11. The Kier molecular flexibility index (Phi) is 9.01. The molecule has 0 spiro atoms. The van der Waals surface area contributed by atoms with Crippen LogP contribution >= 0.6 is 11.6 Å². The number of hydrogen-bond acceptors (Lipinski definition) is 3. The number of hydrogen-bond donors (Lipinski definition) is 1. The second-order valence-electron chi connectivity index (χ2n) is 9.16. The van der Waals surface area contributed by atoms with E-state index in [4.69, 9.17) is 21.3 Å². The van der Waals surface area contributed by atoms with Gasteiger partial charge in [-0.1, -0.05) is 48.4 Å². The molecule has 4 aromatic rings. The zero-order valence-corrected chi connectivity index (χ0v) is 21.9. The minimum Gasteiger partial charge on any atom is -0.494 e. The van der Waals surface area contributed by atoms with Gasteiger partial charge in [-0.25, -0.2) is 4.98 Å². The van der Waals surface area contributed by atoms with E-state index in [1.165, 1.54) is 5.52 Å². The van der Waals surface area contributed by atoms with E-state index in [2.05, 4.69) is 28.1 Å². The number of amides is 1. The Morgan fingerprint density at radius 3 is 2.58 bits per heavy atom. The van der Waals surface area contributed by atoms with Gasteiger partial charge in [-0.15, -0.1) is 0 Å². The maximum atomic E-state index is 12.4. The standard InChI is InChI=1S/C30H34ClN3O2/c1-22-11-5-6-12-25(22)30(35)32-18-9-3-4-15-29-33-27-13-7-8-14-28(27)34(29)19-10-20-36-24-16-17-26(31)23(2)21-24/h5-8,11-14,16-17,21H,3-4,9-10,15,18-20H2,1-2H3,(H,32,35). The quantitative estimate of drug-likeness (QED) is 0.213. The third-order valence-corrected chi connectivity index (χ3v) is 6.83. The Balaban J connectivity index is 1.25. The smallest absolute Gasteiger partial charge is 0.251 e. The molecule has 0 atom stereocenters. The molecule has 1 heterocycles. The Hall–Kier alpha value is -3.31. The maximum absolute atomic E-state index is 12.4. The molecule has 0 aliphatic heterocycles. The van der Waals surface area contributed by atoms with Crippen molar-refractivity contribution in [3.8, 4) is 5.75 Å². The lowest BCUT2D eigenvalue weighted by Crippen LogP contribution is -2.25. The van der Waals surface area contributed by atoms with Crippen LogP contribution in [0.1, 0.15) is 53.0 Å². The molecule has 0 bridgehead atoms. The van der Waals surface area contributed by atoms with E-state index in [1.54, 1.807) is 0 Å². The summed E-state index contributed by atoms with van der Waals surface area (Å²) in [5, 5.41) is 3.80. The summed E-state index contributed by atoms with van der Waals surface area (Å²) in [5.74, 6) is 1.97. The fourth-order valence-corrected chi connectivity index (χ4v) is 4.51. The van der Waals surface area contributed by atoms with Crippen LogP contribution in [0.25, 0.3) is 11.0 Å². The lowest BCUT2D eigenvalue weighted by Gasteiger charge is -2.11. The number of unbranched alkanes of at least 4 members (excludes halogenated alkanes) is 2. The second-order valence-corrected chi connectivity index (χ2v) is 9.57. The number of benzene rings is 3. The van der Waals surface area contributed by atoms with Crippen molar-refractivity contribution in [3.05, 3.63) is 94.3 Å². The number of aromatic nitrogens is 2. The maximum Gasteiger partial charge on any atom is 0.251 e. The van der Waals surface area contributed by atoms with E-state index in [0.29, 0.717) is 13.2 Å². The van der Waals surface area contributed by atoms with Crippen LogP contribution in [0.4, 0.5) is 0 Å². The summed E-state index contributed by atoms with van der Waals surface area (Å²) < 4.78 is 8.27. The fraction of sp³-hybridized carbons (Fsp3) is 0.333. The first-order valence-corrected chi connectivity index (χ1v) is 13.1. The van der Waals surface area contributed by atoms with Crippen LogP contribution in [-0.2, 0) is 13.0 Å². The first kappa shape index (κ1) is 25.8. The van der Waals surface area contributed by atoms with Crippen LogP contribution in [0.5, 0.6) is 5.75 Å². The number of carbonyl (C=O) groups is 1. The topological polar surface area (TPSA) is 56.1 Å². The second kappa shape index (κ2) is 12.6. The molecule has 0 saturated heterocycles. The molecule has 5 nitrogen and oxygen atoms in total. The molecule has 0 fully saturated rings. The van der Waals surface area contributed by atoms with E-state index in [9.17, 15) is 4.79 Å². The molecule has 0 radical (unpaired) electrons. The highest BCUT2D eigenvalue weighted by molar-refractivity contribution is 6.31. The summed E-state index contributed by atoms with van der Waals surface area (Å²) in [6.07, 6.45) is 4.82. The number of halogens is 1. The number of ether oxygens (including phenoxy) is 1. The molecule has 0 aliphatic rings. The molecule has 1 amide bonds. The molecule has 4 rings (SSSR count). The highest BCUT2D eigenvalue weighted by atomic mass is 35.5. The van der Waals surface area contributed by atoms with Crippen LogP contribution < -0.4 is 10.1 Å². The predicted molar refractivity (Wildman–Crippen MR) is 147 cm³/mol. The average molecular weight is 504 g/mol. The molecule has 0 saturated carbocycles. The van der Waals surface area contributed by atoms with Crippen molar-refractivity contribution in [2.45, 2.75) is 52.5 Å². The van der Waals surface area contributed by atoms with Gasteiger partial charge in [0.05, 0.1) is 17.6 Å². The van der Waals surface area contributed by atoms with Crippen molar-refractivity contribution in [1.29, 1.82) is 0 Å². The number of imidazole rings is 1. The number of para-hydroxylation sites is 2. The van der Waals surface area contributed by atoms with Gasteiger partial charge >= 0.3 is 0 Å². The van der Waals surface area contributed by atoms with Crippen LogP contribution in [0.2, 0.25) is 5.02 Å². The van der Waals surface area contributed by atoms with Gasteiger partial charge in [0.2, 0.25) is 0 Å². The van der Waals surface area contributed by atoms with Crippen molar-refractivity contribution >= 4 is 28.5 Å². The summed E-state index contributed by atoms with van der Waals surface area (Å²) in [5.41, 5.74) is 4.98. The number of aryl methyl sites for hydroxylation is 4. The molecule has 3 aromatic carbocycles. The number of fused-ring (bicyclic) bond motifs is 1. The van der Waals surface area contributed by atoms with Crippen molar-refractivity contribution in [3.63, 3.8) is 0 Å². The van der Waals surface area contributed by atoms with Crippen molar-refractivity contribution in [2.24, 2.45) is 0 Å². The van der Waals surface area contributed by atoms with E-state index in [0.717, 1.165) is 77.5 Å². The van der Waals surface area contributed by atoms with E-state index >= 15 is 0 Å². The Bertz CT molecular complexity index is 1310. The minimum absolute atomic E-state index is 0.00544. The largest absolute Gasteiger partial charge is 0.494 e. The third-order valence-electron chi connectivity index (χ3n) is 6.41. The molecule has 1 N–H and O–H groups in total. The number of nitrogens with one attached hydrogen (secondary N) is 1. The SMILES string of the molecule is Cc1cc(OCCCn2c(CCCCCNC(=O)c3ccccc3C)nc3ccccc32)ccc1Cl. The van der Waals surface area contributed by atoms with Gasteiger partial charge in [-0.05, 0) is 80.6 Å². The van der Waals surface area contributed by atoms with Crippen LogP contribution in [0, 0.1) is 13.8 Å². The molecular weight excluding hydrogens is 470 g/mol. The van der Waals surface area contributed by atoms with Gasteiger partial charge in [0, 0.05) is 30.1 Å². The van der Waals surface area contributed by atoms with Gasteiger partial charge in [0.25, 0.3) is 5.91 Å². The highest BCUT2D eigenvalue weighted by Crippen LogP contribution is 2.22. The zero-order chi connectivity index (χ0) is 25.3. The monoisotopic (exact) mass is 503 g/mol. The molecule has 6 heteroatoms. The van der Waals surface area contributed by atoms with Gasteiger partial charge in [0.1, 0.15) is 11.6 Å². The molecular formula is C30H34ClN3O2. The molecule has 36 heavy (non-hydrogen) atoms. The van der Waals surface area contributed by atoms with E-state index < -0.39 is 0 Å². The van der Waals surface area contributed by atoms with Gasteiger partial charge in [-0.3, -0.25) is 4.79 Å². The first-order chi connectivity index (χ1) is 17.5. The van der Waals surface area contributed by atoms with Crippen molar-refractivity contribution in [2.75, 3.05) is 13.2 Å². The van der Waals surface area contributed by atoms with Crippen LogP contribution in [0.3, 0.4) is 0 Å². The Labute approximate surface area is 218 Å². The van der Waals surface area contributed by atoms with E-state index in [-0.39, 0.29) is 5.91 Å². The Morgan fingerprint density at radius 2 is 1.75 bits per heavy atom. The van der Waals surface area contributed by atoms with Crippen molar-refractivity contribution in [1.82, 2.24) is 14.9 Å². The summed E-state index contributed by atoms with van der Waals surface area (Å²) in [6.45, 7) is 6.12. The molecule has 1 aromatic heterocycles. The first-order valence-electron chi connectivity index (χ1n) is 12.7. The number of nitrogens with zero attached hydrogens (tertiary/aromatic N) is 2. The summed E-state index contributed by atoms with van der Waals surface area (Å²) in [7, 11) is 0. The van der Waals surface area contributed by atoms with Crippen molar-refractivity contribution < 1.29 is 9.53 Å². The van der Waals surface area contributed by atoms with Gasteiger partial charge in [-0.2, -0.15) is 0 Å². The summed E-state index contributed by atoms with van der Waals surface area (Å²) in [6, 6.07) is 21.8. The van der Waals surface area contributed by atoms with E-state index in [1.807, 2.05) is 62.4 Å². The van der Waals surface area contributed by atoms with Crippen LogP contribution in [0.15, 0.2) is 66.7 Å². The molecule has 0 aliphatic carbocycles. The number of rotatable bonds is 12. The summed E-state index contributed by atoms with van der Waals surface area (Å²) in [4.78, 5) is 17.3. The minimum atomic E-state index is 0.00544. The zero-order valence-electron chi connectivity index (χ0n) is 21.1. The van der Waals surface area contributed by atoms with Crippen LogP contribution in [-0.4, -0.2) is 28.6 Å². The number of carbonyl (C=O) groups excluding carboxylic acids is 1. The Morgan fingerprint density at radius 1 is 0.944 bits per heavy atom. The van der Waals surface area contributed by atoms with Gasteiger partial charge in [0.15, 0.2) is 0 Å². The average Bonchev–Trinajstić information content (AvgIpc) is 3.23. The lowest BCUT2D eigenvalue weighted by molar-refractivity contribution is 0.0952.